The zero-order chi connectivity index (χ0) is 14.5. The molecule has 0 spiro atoms. The van der Waals surface area contributed by atoms with Gasteiger partial charge in [-0.2, -0.15) is 0 Å². The number of hydrogen-bond acceptors (Lipinski definition) is 5. The van der Waals surface area contributed by atoms with Crippen molar-refractivity contribution in [1.82, 2.24) is 9.55 Å². The maximum Gasteiger partial charge on any atom is 0.234 e. The van der Waals surface area contributed by atoms with Gasteiger partial charge in [0, 0.05) is 25.1 Å². The number of methoxy groups -OCH3 is 1. The van der Waals surface area contributed by atoms with Crippen molar-refractivity contribution in [3.63, 3.8) is 0 Å². The predicted octanol–water partition coefficient (Wildman–Crippen LogP) is 1.74. The first-order valence-electron chi connectivity index (χ1n) is 5.93. The van der Waals surface area contributed by atoms with Crippen LogP contribution < -0.4 is 15.8 Å². The molecule has 1 aromatic heterocycles. The number of thioether (sulfide) groups is 1. The van der Waals surface area contributed by atoms with E-state index in [1.165, 1.54) is 11.8 Å². The Kier molecular flexibility index (Phi) is 4.52. The molecule has 2 aromatic rings. The number of amides is 1. The van der Waals surface area contributed by atoms with Gasteiger partial charge in [-0.05, 0) is 18.2 Å². The summed E-state index contributed by atoms with van der Waals surface area (Å²) in [5.74, 6) is 0.708. The first-order valence-corrected chi connectivity index (χ1v) is 6.92. The molecule has 7 heteroatoms. The number of ether oxygens (including phenoxy) is 1. The normalized spacial score (nSPS) is 10.3. The third kappa shape index (κ3) is 3.45. The monoisotopic (exact) mass is 292 g/mol. The molecular weight excluding hydrogens is 276 g/mol. The number of nitrogen functional groups attached to an aromatic ring is 1. The highest BCUT2D eigenvalue weighted by Crippen LogP contribution is 2.26. The summed E-state index contributed by atoms with van der Waals surface area (Å²) in [4.78, 5) is 16.1. The van der Waals surface area contributed by atoms with Crippen molar-refractivity contribution in [2.24, 2.45) is 7.05 Å². The van der Waals surface area contributed by atoms with Gasteiger partial charge in [-0.3, -0.25) is 4.79 Å². The van der Waals surface area contributed by atoms with E-state index in [1.807, 2.05) is 17.8 Å². The maximum atomic E-state index is 11.9. The number of nitrogens with one attached hydrogen (secondary N) is 1. The molecule has 1 aromatic carbocycles. The first-order chi connectivity index (χ1) is 9.60. The number of aromatic nitrogens is 2. The molecule has 0 saturated heterocycles. The van der Waals surface area contributed by atoms with Crippen LogP contribution in [-0.4, -0.2) is 28.3 Å². The summed E-state index contributed by atoms with van der Waals surface area (Å²) in [5.41, 5.74) is 6.84. The SMILES string of the molecule is COc1ccc(N)cc1NC(=O)CSc1nccn1C. The van der Waals surface area contributed by atoms with Crippen molar-refractivity contribution in [2.45, 2.75) is 5.16 Å². The number of aryl methyl sites for hydroxylation is 1. The van der Waals surface area contributed by atoms with E-state index in [4.69, 9.17) is 10.5 Å². The molecule has 0 aliphatic rings. The molecule has 0 aliphatic heterocycles. The van der Waals surface area contributed by atoms with Gasteiger partial charge in [-0.1, -0.05) is 11.8 Å². The highest BCUT2D eigenvalue weighted by atomic mass is 32.2. The molecule has 0 atom stereocenters. The molecule has 0 bridgehead atoms. The van der Waals surface area contributed by atoms with Gasteiger partial charge >= 0.3 is 0 Å². The summed E-state index contributed by atoms with van der Waals surface area (Å²) in [6.45, 7) is 0. The minimum absolute atomic E-state index is 0.137. The van der Waals surface area contributed by atoms with Gasteiger partial charge in [-0.25, -0.2) is 4.98 Å². The van der Waals surface area contributed by atoms with Gasteiger partial charge in [0.15, 0.2) is 5.16 Å². The van der Waals surface area contributed by atoms with Crippen LogP contribution >= 0.6 is 11.8 Å². The Morgan fingerprint density at radius 3 is 3.00 bits per heavy atom. The van der Waals surface area contributed by atoms with E-state index in [1.54, 1.807) is 31.5 Å². The lowest BCUT2D eigenvalue weighted by atomic mass is 10.2. The molecule has 20 heavy (non-hydrogen) atoms. The Bertz CT molecular complexity index is 612. The molecule has 6 nitrogen and oxygen atoms in total. The zero-order valence-electron chi connectivity index (χ0n) is 11.3. The molecule has 0 unspecified atom stereocenters. The molecule has 0 saturated carbocycles. The Hall–Kier alpha value is -2.15. The second kappa shape index (κ2) is 6.33. The lowest BCUT2D eigenvalue weighted by Gasteiger charge is -2.10. The average Bonchev–Trinajstić information content (AvgIpc) is 2.82. The van der Waals surface area contributed by atoms with E-state index in [2.05, 4.69) is 10.3 Å². The Morgan fingerprint density at radius 2 is 2.35 bits per heavy atom. The third-order valence-electron chi connectivity index (χ3n) is 2.61. The summed E-state index contributed by atoms with van der Waals surface area (Å²) < 4.78 is 7.04. The topological polar surface area (TPSA) is 82.2 Å². The number of benzene rings is 1. The van der Waals surface area contributed by atoms with Crippen molar-refractivity contribution in [3.8, 4) is 5.75 Å². The van der Waals surface area contributed by atoms with Crippen LogP contribution in [0.5, 0.6) is 5.75 Å². The fourth-order valence-corrected chi connectivity index (χ4v) is 2.36. The summed E-state index contributed by atoms with van der Waals surface area (Å²) in [6, 6.07) is 5.11. The summed E-state index contributed by atoms with van der Waals surface area (Å²) >= 11 is 1.37. The van der Waals surface area contributed by atoms with Crippen LogP contribution in [0.25, 0.3) is 0 Å². The number of hydrogen-bond donors (Lipinski definition) is 2. The quantitative estimate of drug-likeness (QED) is 0.648. The number of rotatable bonds is 5. The van der Waals surface area contributed by atoms with Crippen molar-refractivity contribution >= 4 is 29.0 Å². The molecule has 0 fully saturated rings. The molecular formula is C13H16N4O2S. The number of imidazole rings is 1. The smallest absolute Gasteiger partial charge is 0.234 e. The van der Waals surface area contributed by atoms with E-state index in [9.17, 15) is 4.79 Å². The molecule has 2 rings (SSSR count). The van der Waals surface area contributed by atoms with Gasteiger partial charge in [0.1, 0.15) is 5.75 Å². The largest absolute Gasteiger partial charge is 0.495 e. The van der Waals surface area contributed by atoms with Crippen LogP contribution in [0.2, 0.25) is 0 Å². The van der Waals surface area contributed by atoms with Crippen molar-refractivity contribution in [3.05, 3.63) is 30.6 Å². The van der Waals surface area contributed by atoms with Gasteiger partial charge in [0.25, 0.3) is 0 Å². The van der Waals surface area contributed by atoms with Gasteiger partial charge in [0.05, 0.1) is 18.6 Å². The minimum Gasteiger partial charge on any atom is -0.495 e. The number of nitrogens with zero attached hydrogens (tertiary/aromatic N) is 2. The first kappa shape index (κ1) is 14.3. The lowest BCUT2D eigenvalue weighted by Crippen LogP contribution is -2.15. The fourth-order valence-electron chi connectivity index (χ4n) is 1.63. The van der Waals surface area contributed by atoms with Gasteiger partial charge in [0.2, 0.25) is 5.91 Å². The number of carbonyl (C=O) groups is 1. The van der Waals surface area contributed by atoms with Gasteiger partial charge < -0.3 is 20.4 Å². The fraction of sp³-hybridized carbons (Fsp3) is 0.231. The second-order valence-electron chi connectivity index (χ2n) is 4.12. The number of nitrogens with two attached hydrogens (primary N) is 1. The van der Waals surface area contributed by atoms with Crippen LogP contribution in [0.1, 0.15) is 0 Å². The van der Waals surface area contributed by atoms with E-state index < -0.39 is 0 Å². The van der Waals surface area contributed by atoms with Crippen molar-refractivity contribution in [1.29, 1.82) is 0 Å². The zero-order valence-corrected chi connectivity index (χ0v) is 12.1. The summed E-state index contributed by atoms with van der Waals surface area (Å²) in [7, 11) is 3.43. The molecule has 1 heterocycles. The Morgan fingerprint density at radius 1 is 1.55 bits per heavy atom. The van der Waals surface area contributed by atoms with E-state index in [0.717, 1.165) is 5.16 Å². The van der Waals surface area contributed by atoms with Crippen LogP contribution in [0, 0.1) is 0 Å². The Labute approximate surface area is 121 Å². The number of anilines is 2. The molecule has 1 amide bonds. The van der Waals surface area contributed by atoms with E-state index in [-0.39, 0.29) is 11.7 Å². The van der Waals surface area contributed by atoms with Crippen LogP contribution in [0.4, 0.5) is 11.4 Å². The van der Waals surface area contributed by atoms with Crippen LogP contribution in [-0.2, 0) is 11.8 Å². The maximum absolute atomic E-state index is 11.9. The highest BCUT2D eigenvalue weighted by molar-refractivity contribution is 7.99. The molecule has 3 N–H and O–H groups in total. The second-order valence-corrected chi connectivity index (χ2v) is 5.06. The average molecular weight is 292 g/mol. The number of carbonyl (C=O) groups excluding carboxylic acids is 1. The van der Waals surface area contributed by atoms with E-state index >= 15 is 0 Å². The third-order valence-corrected chi connectivity index (χ3v) is 3.67. The highest BCUT2D eigenvalue weighted by Gasteiger charge is 2.10. The van der Waals surface area contributed by atoms with Crippen LogP contribution in [0.3, 0.4) is 0 Å². The Balaban J connectivity index is 1.98. The molecule has 106 valence electrons. The van der Waals surface area contributed by atoms with E-state index in [0.29, 0.717) is 17.1 Å². The predicted molar refractivity (Wildman–Crippen MR) is 80.0 cm³/mol. The minimum atomic E-state index is -0.137. The van der Waals surface area contributed by atoms with Crippen LogP contribution in [0.15, 0.2) is 35.7 Å². The van der Waals surface area contributed by atoms with Gasteiger partial charge in [-0.15, -0.1) is 0 Å². The molecule has 0 radical (unpaired) electrons. The van der Waals surface area contributed by atoms with Crippen molar-refractivity contribution in [2.75, 3.05) is 23.9 Å². The standard InChI is InChI=1S/C13H16N4O2S/c1-17-6-5-15-13(17)20-8-12(18)16-10-7-9(14)3-4-11(10)19-2/h3-7H,8,14H2,1-2H3,(H,16,18). The molecule has 0 aliphatic carbocycles. The lowest BCUT2D eigenvalue weighted by molar-refractivity contribution is -0.113. The summed E-state index contributed by atoms with van der Waals surface area (Å²) in [6.07, 6.45) is 3.53. The van der Waals surface area contributed by atoms with Crippen molar-refractivity contribution < 1.29 is 9.53 Å². The summed E-state index contributed by atoms with van der Waals surface area (Å²) in [5, 5.41) is 3.57.